The fourth-order valence-corrected chi connectivity index (χ4v) is 3.73. The van der Waals surface area contributed by atoms with Crippen LogP contribution >= 0.6 is 23.6 Å². The highest BCUT2D eigenvalue weighted by molar-refractivity contribution is 7.80. The largest absolute Gasteiger partial charge is 0.348 e. The maximum atomic E-state index is 11.8. The predicted molar refractivity (Wildman–Crippen MR) is 92.8 cm³/mol. The lowest BCUT2D eigenvalue weighted by Gasteiger charge is -2.00. The maximum Gasteiger partial charge on any atom is 0.273 e. The van der Waals surface area contributed by atoms with Crippen LogP contribution < -0.4 is 16.0 Å². The molecule has 1 aromatic heterocycles. The van der Waals surface area contributed by atoms with Gasteiger partial charge in [0.15, 0.2) is 5.11 Å². The van der Waals surface area contributed by atoms with E-state index in [-0.39, 0.29) is 11.8 Å². The molecule has 2 amide bonds. The number of carbonyl (C=O) groups excluding carboxylic acids is 2. The van der Waals surface area contributed by atoms with Gasteiger partial charge in [0, 0.05) is 21.9 Å². The summed E-state index contributed by atoms with van der Waals surface area (Å²) in [7, 11) is 0. The number of amides is 2. The van der Waals surface area contributed by atoms with Crippen molar-refractivity contribution in [2.45, 2.75) is 6.54 Å². The van der Waals surface area contributed by atoms with E-state index in [1.165, 1.54) is 0 Å². The lowest BCUT2D eigenvalue weighted by Crippen LogP contribution is -2.21. The summed E-state index contributed by atoms with van der Waals surface area (Å²) < 4.78 is 0. The third-order valence-corrected chi connectivity index (χ3v) is 5.00. The van der Waals surface area contributed by atoms with Crippen LogP contribution in [0, 0.1) is 0 Å². The zero-order valence-electron chi connectivity index (χ0n) is 11.8. The van der Waals surface area contributed by atoms with Gasteiger partial charge >= 0.3 is 0 Å². The van der Waals surface area contributed by atoms with E-state index in [4.69, 9.17) is 12.2 Å². The van der Waals surface area contributed by atoms with E-state index in [1.807, 2.05) is 30.3 Å². The molecule has 0 saturated carbocycles. The Morgan fingerprint density at radius 2 is 1.96 bits per heavy atom. The Balaban J connectivity index is 1.65. The van der Waals surface area contributed by atoms with E-state index in [1.54, 1.807) is 17.4 Å². The van der Waals surface area contributed by atoms with Crippen LogP contribution in [0.5, 0.6) is 0 Å². The van der Waals surface area contributed by atoms with Crippen LogP contribution in [-0.4, -0.2) is 16.9 Å². The molecule has 0 atom stereocenters. The Morgan fingerprint density at radius 3 is 2.74 bits per heavy atom. The van der Waals surface area contributed by atoms with Crippen LogP contribution in [-0.2, 0) is 11.3 Å². The van der Waals surface area contributed by atoms with Crippen LogP contribution in [0.15, 0.2) is 36.0 Å². The van der Waals surface area contributed by atoms with Gasteiger partial charge in [0.05, 0.1) is 0 Å². The Bertz CT molecular complexity index is 898. The van der Waals surface area contributed by atoms with Crippen molar-refractivity contribution in [2.24, 2.45) is 0 Å². The molecule has 5 nitrogen and oxygen atoms in total. The first-order chi connectivity index (χ1) is 11.1. The first kappa shape index (κ1) is 14.1. The smallest absolute Gasteiger partial charge is 0.273 e. The molecule has 7 heteroatoms. The molecular weight excluding hydrogens is 330 g/mol. The van der Waals surface area contributed by atoms with Crippen LogP contribution in [0.1, 0.15) is 20.8 Å². The van der Waals surface area contributed by atoms with Crippen molar-refractivity contribution in [1.29, 1.82) is 0 Å². The van der Waals surface area contributed by atoms with Crippen LogP contribution in [0.4, 0.5) is 0 Å². The van der Waals surface area contributed by atoms with E-state index in [0.29, 0.717) is 17.4 Å². The van der Waals surface area contributed by atoms with Crippen LogP contribution in [0.25, 0.3) is 16.5 Å². The van der Waals surface area contributed by atoms with Crippen molar-refractivity contribution in [1.82, 2.24) is 16.0 Å². The number of thiocarbonyl (C=S) groups is 1. The molecule has 3 N–H and O–H groups in total. The summed E-state index contributed by atoms with van der Waals surface area (Å²) >= 11 is 6.46. The van der Waals surface area contributed by atoms with Crippen molar-refractivity contribution >= 4 is 46.6 Å². The van der Waals surface area contributed by atoms with Crippen molar-refractivity contribution in [3.63, 3.8) is 0 Å². The maximum absolute atomic E-state index is 11.8. The lowest BCUT2D eigenvalue weighted by molar-refractivity contribution is -0.115. The SMILES string of the molecule is O=C1NC(=S)N/C1=C/c1ccc(-c2ccc3c(c2)C(=O)NC3)s1. The molecule has 23 heavy (non-hydrogen) atoms. The minimum absolute atomic E-state index is 0.0268. The molecule has 1 saturated heterocycles. The number of rotatable bonds is 2. The molecule has 114 valence electrons. The van der Waals surface area contributed by atoms with Crippen molar-refractivity contribution in [3.8, 4) is 10.4 Å². The number of benzene rings is 1. The molecule has 3 heterocycles. The zero-order chi connectivity index (χ0) is 16.0. The first-order valence-electron chi connectivity index (χ1n) is 6.95. The van der Waals surface area contributed by atoms with Crippen molar-refractivity contribution in [2.75, 3.05) is 0 Å². The number of fused-ring (bicyclic) bond motifs is 1. The lowest BCUT2D eigenvalue weighted by atomic mass is 10.1. The first-order valence-corrected chi connectivity index (χ1v) is 8.18. The van der Waals surface area contributed by atoms with Gasteiger partial charge < -0.3 is 10.6 Å². The summed E-state index contributed by atoms with van der Waals surface area (Å²) in [4.78, 5) is 25.4. The molecule has 0 radical (unpaired) electrons. The van der Waals surface area contributed by atoms with Crippen LogP contribution in [0.3, 0.4) is 0 Å². The van der Waals surface area contributed by atoms with E-state index in [9.17, 15) is 9.59 Å². The van der Waals surface area contributed by atoms with Gasteiger partial charge in [-0.15, -0.1) is 11.3 Å². The summed E-state index contributed by atoms with van der Waals surface area (Å²) in [5.74, 6) is -0.250. The van der Waals surface area contributed by atoms with E-state index in [0.717, 1.165) is 26.4 Å². The summed E-state index contributed by atoms with van der Waals surface area (Å²) in [6, 6.07) is 9.83. The quantitative estimate of drug-likeness (QED) is 0.577. The van der Waals surface area contributed by atoms with E-state index in [2.05, 4.69) is 16.0 Å². The van der Waals surface area contributed by atoms with E-state index >= 15 is 0 Å². The fraction of sp³-hybridized carbons (Fsp3) is 0.0625. The molecule has 0 aliphatic carbocycles. The summed E-state index contributed by atoms with van der Waals surface area (Å²) in [6.07, 6.45) is 1.77. The van der Waals surface area contributed by atoms with E-state index < -0.39 is 0 Å². The van der Waals surface area contributed by atoms with Crippen LogP contribution in [0.2, 0.25) is 0 Å². The highest BCUT2D eigenvalue weighted by Crippen LogP contribution is 2.31. The minimum atomic E-state index is -0.223. The van der Waals surface area contributed by atoms with Gasteiger partial charge in [0.25, 0.3) is 11.8 Å². The third kappa shape index (κ3) is 2.54. The molecule has 0 spiro atoms. The molecule has 2 aromatic rings. The Labute approximate surface area is 141 Å². The number of nitrogens with one attached hydrogen (secondary N) is 3. The molecule has 0 bridgehead atoms. The molecule has 0 unspecified atom stereocenters. The van der Waals surface area contributed by atoms with Crippen molar-refractivity contribution in [3.05, 3.63) is 52.0 Å². The van der Waals surface area contributed by atoms with Gasteiger partial charge in [0.2, 0.25) is 0 Å². The van der Waals surface area contributed by atoms with Gasteiger partial charge in [-0.1, -0.05) is 12.1 Å². The molecular formula is C16H11N3O2S2. The molecule has 4 rings (SSSR count). The van der Waals surface area contributed by atoms with Gasteiger partial charge in [0.1, 0.15) is 5.70 Å². The average Bonchev–Trinajstić information content (AvgIpc) is 3.21. The second-order valence-corrected chi connectivity index (χ2v) is 6.75. The summed E-state index contributed by atoms with van der Waals surface area (Å²) in [6.45, 7) is 0.594. The topological polar surface area (TPSA) is 70.2 Å². The summed E-state index contributed by atoms with van der Waals surface area (Å²) in [5, 5.41) is 8.50. The van der Waals surface area contributed by atoms with Gasteiger partial charge in [-0.05, 0) is 47.6 Å². The Kier molecular flexibility index (Phi) is 3.24. The molecule has 2 aliphatic heterocycles. The van der Waals surface area contributed by atoms with Gasteiger partial charge in [-0.2, -0.15) is 0 Å². The second kappa shape index (κ2) is 5.29. The van der Waals surface area contributed by atoms with Gasteiger partial charge in [-0.25, -0.2) is 0 Å². The highest BCUT2D eigenvalue weighted by atomic mass is 32.1. The number of carbonyl (C=O) groups is 2. The number of thiophene rings is 1. The van der Waals surface area contributed by atoms with Gasteiger partial charge in [-0.3, -0.25) is 14.9 Å². The predicted octanol–water partition coefficient (Wildman–Crippen LogP) is 2.00. The monoisotopic (exact) mass is 341 g/mol. The highest BCUT2D eigenvalue weighted by Gasteiger charge is 2.21. The molecule has 2 aliphatic rings. The molecule has 1 aromatic carbocycles. The standard InChI is InChI=1S/C16H11N3O2S2/c20-14-11-5-8(1-2-9(11)7-17-14)13-4-3-10(23-13)6-12-15(21)19-16(22)18-12/h1-6H,7H2,(H,17,20)(H2,18,19,21,22)/b12-6+. The third-order valence-electron chi connectivity index (χ3n) is 3.71. The Hall–Kier alpha value is -2.51. The molecule has 1 fully saturated rings. The fourth-order valence-electron chi connectivity index (χ4n) is 2.58. The second-order valence-electron chi connectivity index (χ2n) is 5.22. The Morgan fingerprint density at radius 1 is 1.09 bits per heavy atom. The number of hydrogen-bond acceptors (Lipinski definition) is 4. The normalized spacial score (nSPS) is 17.9. The average molecular weight is 341 g/mol. The number of hydrogen-bond donors (Lipinski definition) is 3. The zero-order valence-corrected chi connectivity index (χ0v) is 13.4. The minimum Gasteiger partial charge on any atom is -0.348 e. The summed E-state index contributed by atoms with van der Waals surface area (Å²) in [5.41, 5.74) is 3.20. The van der Waals surface area contributed by atoms with Crippen molar-refractivity contribution < 1.29 is 9.59 Å².